The van der Waals surface area contributed by atoms with Crippen LogP contribution in [-0.4, -0.2) is 28.8 Å². The first-order valence-electron chi connectivity index (χ1n) is 8.29. The van der Waals surface area contributed by atoms with Crippen LogP contribution in [0.2, 0.25) is 0 Å². The topological polar surface area (TPSA) is 79.8 Å². The molecule has 2 aromatic carbocycles. The molecule has 1 fully saturated rings. The number of para-hydroxylation sites is 1. The number of benzene rings is 2. The number of amidine groups is 1. The van der Waals surface area contributed by atoms with Crippen LogP contribution in [0.4, 0.5) is 5.69 Å². The molecule has 1 aliphatic heterocycles. The average molecular weight is 369 g/mol. The molecule has 1 heterocycles. The maximum Gasteiger partial charge on any atom is 0.240 e. The molecule has 3 rings (SSSR count). The number of carbonyl (C=O) groups is 2. The van der Waals surface area contributed by atoms with Crippen LogP contribution in [0.5, 0.6) is 11.5 Å². The van der Waals surface area contributed by atoms with Gasteiger partial charge in [0.2, 0.25) is 11.8 Å². The van der Waals surface area contributed by atoms with Crippen LogP contribution in [-0.2, 0) is 9.59 Å². The summed E-state index contributed by atoms with van der Waals surface area (Å²) in [5.41, 5.74) is 0.654. The highest BCUT2D eigenvalue weighted by Gasteiger charge is 2.31. The minimum atomic E-state index is -0.444. The summed E-state index contributed by atoms with van der Waals surface area (Å²) < 4.78 is 5.71. The van der Waals surface area contributed by atoms with Crippen LogP contribution >= 0.6 is 11.8 Å². The predicted molar refractivity (Wildman–Crippen MR) is 104 cm³/mol. The SMILES string of the molecule is CCN=C1NC(=O)C(CC(=O)Nc2ccc(Oc3ccccc3)cc2)S1. The lowest BCUT2D eigenvalue weighted by Gasteiger charge is -2.09. The number of hydrogen-bond acceptors (Lipinski definition) is 5. The molecule has 1 atom stereocenters. The Morgan fingerprint density at radius 2 is 1.85 bits per heavy atom. The molecule has 6 nitrogen and oxygen atoms in total. The van der Waals surface area contributed by atoms with E-state index in [2.05, 4.69) is 15.6 Å². The van der Waals surface area contributed by atoms with Crippen molar-refractivity contribution in [1.82, 2.24) is 5.32 Å². The summed E-state index contributed by atoms with van der Waals surface area (Å²) in [6.45, 7) is 2.49. The largest absolute Gasteiger partial charge is 0.457 e. The van der Waals surface area contributed by atoms with Crippen LogP contribution in [0.25, 0.3) is 0 Å². The molecule has 0 aliphatic carbocycles. The highest BCUT2D eigenvalue weighted by molar-refractivity contribution is 8.15. The van der Waals surface area contributed by atoms with E-state index in [1.165, 1.54) is 11.8 Å². The van der Waals surface area contributed by atoms with E-state index in [0.717, 1.165) is 5.75 Å². The number of ether oxygens (including phenoxy) is 1. The number of hydrogen-bond donors (Lipinski definition) is 2. The average Bonchev–Trinajstić information content (AvgIpc) is 2.97. The van der Waals surface area contributed by atoms with Crippen molar-refractivity contribution in [1.29, 1.82) is 0 Å². The van der Waals surface area contributed by atoms with Gasteiger partial charge in [-0.15, -0.1) is 0 Å². The molecule has 0 radical (unpaired) electrons. The Bertz CT molecular complexity index is 807. The van der Waals surface area contributed by atoms with E-state index in [-0.39, 0.29) is 18.2 Å². The molecule has 26 heavy (non-hydrogen) atoms. The number of aliphatic imine (C=N–C) groups is 1. The fourth-order valence-electron chi connectivity index (χ4n) is 2.37. The maximum absolute atomic E-state index is 12.2. The first kappa shape index (κ1) is 18.0. The van der Waals surface area contributed by atoms with Gasteiger partial charge in [0.05, 0.1) is 0 Å². The maximum atomic E-state index is 12.2. The molecule has 0 spiro atoms. The summed E-state index contributed by atoms with van der Waals surface area (Å²) >= 11 is 1.29. The quantitative estimate of drug-likeness (QED) is 0.818. The summed E-state index contributed by atoms with van der Waals surface area (Å²) in [4.78, 5) is 28.2. The van der Waals surface area contributed by atoms with Gasteiger partial charge in [-0.2, -0.15) is 0 Å². The first-order valence-corrected chi connectivity index (χ1v) is 9.17. The van der Waals surface area contributed by atoms with E-state index in [9.17, 15) is 9.59 Å². The van der Waals surface area contributed by atoms with Crippen molar-refractivity contribution in [3.63, 3.8) is 0 Å². The second kappa shape index (κ2) is 8.53. The van der Waals surface area contributed by atoms with Crippen LogP contribution in [0.3, 0.4) is 0 Å². The van der Waals surface area contributed by atoms with Crippen molar-refractivity contribution >= 4 is 34.4 Å². The minimum absolute atomic E-state index is 0.0987. The number of nitrogens with zero attached hydrogens (tertiary/aromatic N) is 1. The molecule has 134 valence electrons. The highest BCUT2D eigenvalue weighted by Crippen LogP contribution is 2.25. The lowest BCUT2D eigenvalue weighted by atomic mass is 10.2. The monoisotopic (exact) mass is 369 g/mol. The Balaban J connectivity index is 1.53. The second-order valence-corrected chi connectivity index (χ2v) is 6.76. The molecule has 2 amide bonds. The van der Waals surface area contributed by atoms with Gasteiger partial charge in [0.25, 0.3) is 0 Å². The lowest BCUT2D eigenvalue weighted by Crippen LogP contribution is -2.28. The molecule has 1 unspecified atom stereocenters. The third-order valence-electron chi connectivity index (χ3n) is 3.57. The fourth-order valence-corrected chi connectivity index (χ4v) is 3.40. The lowest BCUT2D eigenvalue weighted by molar-refractivity contribution is -0.122. The van der Waals surface area contributed by atoms with Gasteiger partial charge in [0.15, 0.2) is 5.17 Å². The van der Waals surface area contributed by atoms with Crippen molar-refractivity contribution in [3.8, 4) is 11.5 Å². The number of carbonyl (C=O) groups excluding carboxylic acids is 2. The molecule has 0 saturated carbocycles. The number of thioether (sulfide) groups is 1. The van der Waals surface area contributed by atoms with Gasteiger partial charge < -0.3 is 15.4 Å². The highest BCUT2D eigenvalue weighted by atomic mass is 32.2. The Hall–Kier alpha value is -2.80. The van der Waals surface area contributed by atoms with E-state index in [1.807, 2.05) is 37.3 Å². The zero-order valence-electron chi connectivity index (χ0n) is 14.3. The van der Waals surface area contributed by atoms with Crippen LogP contribution in [0, 0.1) is 0 Å². The summed E-state index contributed by atoms with van der Waals surface area (Å²) in [6, 6.07) is 16.6. The van der Waals surface area contributed by atoms with Crippen molar-refractivity contribution in [3.05, 3.63) is 54.6 Å². The van der Waals surface area contributed by atoms with Gasteiger partial charge in [-0.05, 0) is 43.3 Å². The Kier molecular flexibility index (Phi) is 5.91. The summed E-state index contributed by atoms with van der Waals surface area (Å²) in [5, 5.41) is 5.62. The first-order chi connectivity index (χ1) is 12.6. The molecule has 0 bridgehead atoms. The zero-order chi connectivity index (χ0) is 18.4. The number of rotatable bonds is 6. The van der Waals surface area contributed by atoms with Crippen molar-refractivity contribution < 1.29 is 14.3 Å². The molecule has 0 aromatic heterocycles. The molecule has 1 saturated heterocycles. The smallest absolute Gasteiger partial charge is 0.240 e. The second-order valence-electron chi connectivity index (χ2n) is 5.57. The summed E-state index contributed by atoms with van der Waals surface area (Å²) in [7, 11) is 0. The van der Waals surface area contributed by atoms with E-state index in [1.54, 1.807) is 24.3 Å². The van der Waals surface area contributed by atoms with E-state index in [4.69, 9.17) is 4.74 Å². The summed E-state index contributed by atoms with van der Waals surface area (Å²) in [5.74, 6) is 1.04. The zero-order valence-corrected chi connectivity index (χ0v) is 15.1. The van der Waals surface area contributed by atoms with Gasteiger partial charge in [-0.25, -0.2) is 0 Å². The van der Waals surface area contributed by atoms with Gasteiger partial charge in [-0.1, -0.05) is 30.0 Å². The predicted octanol–water partition coefficient (Wildman–Crippen LogP) is 3.42. The fraction of sp³-hybridized carbons (Fsp3) is 0.211. The van der Waals surface area contributed by atoms with Crippen LogP contribution in [0.1, 0.15) is 13.3 Å². The van der Waals surface area contributed by atoms with Gasteiger partial charge >= 0.3 is 0 Å². The number of amides is 2. The van der Waals surface area contributed by atoms with Crippen molar-refractivity contribution in [2.75, 3.05) is 11.9 Å². The Labute approximate surface area is 156 Å². The van der Waals surface area contributed by atoms with Crippen LogP contribution < -0.4 is 15.4 Å². The number of nitrogens with one attached hydrogen (secondary N) is 2. The molecule has 7 heteroatoms. The number of anilines is 1. The van der Waals surface area contributed by atoms with E-state index in [0.29, 0.717) is 23.1 Å². The van der Waals surface area contributed by atoms with Crippen molar-refractivity contribution in [2.45, 2.75) is 18.6 Å². The van der Waals surface area contributed by atoms with Crippen molar-refractivity contribution in [2.24, 2.45) is 4.99 Å². The third kappa shape index (κ3) is 4.86. The Morgan fingerprint density at radius 3 is 2.54 bits per heavy atom. The van der Waals surface area contributed by atoms with E-state index < -0.39 is 5.25 Å². The molecule has 2 N–H and O–H groups in total. The summed E-state index contributed by atoms with van der Waals surface area (Å²) in [6.07, 6.45) is 0.0987. The van der Waals surface area contributed by atoms with Gasteiger partial charge in [-0.3, -0.25) is 14.6 Å². The normalized spacial score (nSPS) is 17.8. The Morgan fingerprint density at radius 1 is 1.15 bits per heavy atom. The van der Waals surface area contributed by atoms with Crippen LogP contribution in [0.15, 0.2) is 59.6 Å². The molecule has 2 aromatic rings. The van der Waals surface area contributed by atoms with E-state index >= 15 is 0 Å². The minimum Gasteiger partial charge on any atom is -0.457 e. The third-order valence-corrected chi connectivity index (χ3v) is 4.69. The molecule has 1 aliphatic rings. The molecular weight excluding hydrogens is 350 g/mol. The van der Waals surface area contributed by atoms with Gasteiger partial charge in [0.1, 0.15) is 16.7 Å². The van der Waals surface area contributed by atoms with Gasteiger partial charge in [0, 0.05) is 18.7 Å². The standard InChI is InChI=1S/C19H19N3O3S/c1-2-20-19-22-18(24)16(26-19)12-17(23)21-13-8-10-15(11-9-13)25-14-6-4-3-5-7-14/h3-11,16H,2,12H2,1H3,(H,21,23)(H,20,22,24). The molecular formula is C19H19N3O3S.